The summed E-state index contributed by atoms with van der Waals surface area (Å²) in [5.74, 6) is 1.12. The molecule has 0 aromatic heterocycles. The highest BCUT2D eigenvalue weighted by atomic mass is 16.1. The van der Waals surface area contributed by atoms with Crippen LogP contribution in [0, 0.1) is 11.8 Å². The van der Waals surface area contributed by atoms with Crippen LogP contribution >= 0.6 is 0 Å². The minimum absolute atomic E-state index is 0. The molecule has 0 spiro atoms. The van der Waals surface area contributed by atoms with Crippen molar-refractivity contribution in [2.45, 2.75) is 61.8 Å². The highest BCUT2D eigenvalue weighted by Gasteiger charge is 2.01. The molecule has 0 aromatic carbocycles. The predicted molar refractivity (Wildman–Crippen MR) is 67.0 cm³/mol. The second-order valence-corrected chi connectivity index (χ2v) is 3.84. The number of Topliss-reactive ketones (excluding diaryl/α,β-unsaturated/α-hetero) is 2. The Morgan fingerprint density at radius 1 is 0.867 bits per heavy atom. The number of ketones is 2. The molecule has 2 nitrogen and oxygen atoms in total. The Bertz CT molecular complexity index is 153. The largest absolute Gasteiger partial charge is 0.300 e. The van der Waals surface area contributed by atoms with Crippen LogP contribution in [-0.2, 0) is 9.59 Å². The fourth-order valence-electron chi connectivity index (χ4n) is 0.575. The van der Waals surface area contributed by atoms with Gasteiger partial charge in [-0.3, -0.25) is 9.59 Å². The summed E-state index contributed by atoms with van der Waals surface area (Å²) in [4.78, 5) is 20.7. The van der Waals surface area contributed by atoms with Gasteiger partial charge in [0.1, 0.15) is 11.6 Å². The van der Waals surface area contributed by atoms with E-state index in [4.69, 9.17) is 0 Å². The molecule has 0 bridgehead atoms. The monoisotopic (exact) mass is 216 g/mol. The summed E-state index contributed by atoms with van der Waals surface area (Å²) in [6, 6.07) is 0. The average molecular weight is 216 g/mol. The van der Waals surface area contributed by atoms with Gasteiger partial charge in [-0.25, -0.2) is 0 Å². The second-order valence-electron chi connectivity index (χ2n) is 3.84. The summed E-state index contributed by atoms with van der Waals surface area (Å²) >= 11 is 0. The van der Waals surface area contributed by atoms with E-state index in [2.05, 4.69) is 0 Å². The van der Waals surface area contributed by atoms with Crippen molar-refractivity contribution >= 4 is 11.6 Å². The van der Waals surface area contributed by atoms with Gasteiger partial charge in [0.25, 0.3) is 0 Å². The van der Waals surface area contributed by atoms with Crippen LogP contribution in [0.1, 0.15) is 61.8 Å². The minimum atomic E-state index is 0. The standard InChI is InChI=1S/2C6H12O.CH4/c2*1-4-5(2)6(3)7;/h2*5H,4H2,1-3H3;1H4. The fourth-order valence-corrected chi connectivity index (χ4v) is 0.575. The lowest BCUT2D eigenvalue weighted by molar-refractivity contribution is -0.121. The zero-order chi connectivity index (χ0) is 11.7. The van der Waals surface area contributed by atoms with Crippen LogP contribution in [0.25, 0.3) is 0 Å². The number of carbonyl (C=O) groups excluding carboxylic acids is 2. The first kappa shape index (κ1) is 19.8. The summed E-state index contributed by atoms with van der Waals surface area (Å²) in [7, 11) is 0. The summed E-state index contributed by atoms with van der Waals surface area (Å²) in [5.41, 5.74) is 0. The quantitative estimate of drug-likeness (QED) is 0.714. The van der Waals surface area contributed by atoms with Gasteiger partial charge in [0.05, 0.1) is 0 Å². The first-order chi connectivity index (χ1) is 6.36. The van der Waals surface area contributed by atoms with Gasteiger partial charge in [0, 0.05) is 11.8 Å². The smallest absolute Gasteiger partial charge is 0.132 e. The van der Waals surface area contributed by atoms with Crippen LogP contribution in [-0.4, -0.2) is 11.6 Å². The van der Waals surface area contributed by atoms with Crippen LogP contribution in [0.15, 0.2) is 0 Å². The second kappa shape index (κ2) is 11.4. The van der Waals surface area contributed by atoms with Crippen molar-refractivity contribution in [1.29, 1.82) is 0 Å². The van der Waals surface area contributed by atoms with Gasteiger partial charge in [-0.2, -0.15) is 0 Å². The molecule has 0 aromatic rings. The first-order valence-electron chi connectivity index (χ1n) is 5.37. The molecule has 92 valence electrons. The Morgan fingerprint density at radius 2 is 1.07 bits per heavy atom. The SMILES string of the molecule is C.CCC(C)C(C)=O.CCC(C)C(C)=O. The maximum absolute atomic E-state index is 10.4. The van der Waals surface area contributed by atoms with E-state index in [9.17, 15) is 9.59 Å². The van der Waals surface area contributed by atoms with E-state index in [1.54, 1.807) is 13.8 Å². The molecule has 0 N–H and O–H groups in total. The van der Waals surface area contributed by atoms with Gasteiger partial charge in [-0.1, -0.05) is 35.1 Å². The van der Waals surface area contributed by atoms with E-state index in [-0.39, 0.29) is 19.3 Å². The first-order valence-corrected chi connectivity index (χ1v) is 5.37. The number of carbonyl (C=O) groups is 2. The van der Waals surface area contributed by atoms with Crippen molar-refractivity contribution in [3.8, 4) is 0 Å². The Balaban J connectivity index is -0.000000180. The van der Waals surface area contributed by atoms with Crippen molar-refractivity contribution in [3.05, 3.63) is 0 Å². The lowest BCUT2D eigenvalue weighted by Gasteiger charge is -1.98. The molecule has 15 heavy (non-hydrogen) atoms. The molecule has 0 saturated carbocycles. The fraction of sp³-hybridized carbons (Fsp3) is 0.846. The van der Waals surface area contributed by atoms with Crippen LogP contribution in [0.2, 0.25) is 0 Å². The highest BCUT2D eigenvalue weighted by Crippen LogP contribution is 1.99. The Labute approximate surface area is 95.5 Å². The minimum Gasteiger partial charge on any atom is -0.300 e. The van der Waals surface area contributed by atoms with E-state index >= 15 is 0 Å². The lowest BCUT2D eigenvalue weighted by Crippen LogP contribution is -2.03. The van der Waals surface area contributed by atoms with Crippen LogP contribution in [0.5, 0.6) is 0 Å². The van der Waals surface area contributed by atoms with Gasteiger partial charge in [-0.15, -0.1) is 0 Å². The van der Waals surface area contributed by atoms with Crippen LogP contribution in [0.4, 0.5) is 0 Å². The third-order valence-electron chi connectivity index (χ3n) is 2.61. The summed E-state index contributed by atoms with van der Waals surface area (Å²) in [5, 5.41) is 0. The van der Waals surface area contributed by atoms with E-state index in [0.29, 0.717) is 11.6 Å². The summed E-state index contributed by atoms with van der Waals surface area (Å²) in [6.07, 6.45) is 1.94. The van der Waals surface area contributed by atoms with E-state index in [1.165, 1.54) is 0 Å². The van der Waals surface area contributed by atoms with E-state index in [0.717, 1.165) is 12.8 Å². The molecule has 2 unspecified atom stereocenters. The molecule has 0 aliphatic heterocycles. The van der Waals surface area contributed by atoms with Gasteiger partial charge in [0.2, 0.25) is 0 Å². The zero-order valence-electron chi connectivity index (χ0n) is 10.4. The van der Waals surface area contributed by atoms with Crippen molar-refractivity contribution in [2.24, 2.45) is 11.8 Å². The zero-order valence-corrected chi connectivity index (χ0v) is 10.4. The molecule has 0 heterocycles. The van der Waals surface area contributed by atoms with Gasteiger partial charge < -0.3 is 0 Å². The van der Waals surface area contributed by atoms with Crippen LogP contribution in [0.3, 0.4) is 0 Å². The number of hydrogen-bond donors (Lipinski definition) is 0. The van der Waals surface area contributed by atoms with Gasteiger partial charge >= 0.3 is 0 Å². The van der Waals surface area contributed by atoms with Crippen molar-refractivity contribution in [1.82, 2.24) is 0 Å². The number of hydrogen-bond acceptors (Lipinski definition) is 2. The third kappa shape index (κ3) is 13.3. The molecular formula is C13H28O2. The summed E-state index contributed by atoms with van der Waals surface area (Å²) < 4.78 is 0. The maximum Gasteiger partial charge on any atom is 0.132 e. The molecule has 0 radical (unpaired) electrons. The molecular weight excluding hydrogens is 188 g/mol. The Kier molecular flexibility index (Phi) is 15.1. The van der Waals surface area contributed by atoms with Crippen molar-refractivity contribution in [2.75, 3.05) is 0 Å². The molecule has 0 fully saturated rings. The highest BCUT2D eigenvalue weighted by molar-refractivity contribution is 5.78. The molecule has 2 heteroatoms. The lowest BCUT2D eigenvalue weighted by atomic mass is 10.1. The molecule has 0 saturated heterocycles. The average Bonchev–Trinajstić information content (AvgIpc) is 2.15. The molecule has 2 atom stereocenters. The van der Waals surface area contributed by atoms with Crippen molar-refractivity contribution < 1.29 is 9.59 Å². The topological polar surface area (TPSA) is 34.1 Å². The van der Waals surface area contributed by atoms with Gasteiger partial charge in [0.15, 0.2) is 0 Å². The van der Waals surface area contributed by atoms with E-state index < -0.39 is 0 Å². The Hall–Kier alpha value is -0.660. The van der Waals surface area contributed by atoms with Gasteiger partial charge in [-0.05, 0) is 26.7 Å². The molecule has 0 amide bonds. The molecule has 0 aliphatic rings. The molecule has 0 rings (SSSR count). The third-order valence-corrected chi connectivity index (χ3v) is 2.61. The maximum atomic E-state index is 10.4. The van der Waals surface area contributed by atoms with Crippen LogP contribution < -0.4 is 0 Å². The molecule has 0 aliphatic carbocycles. The van der Waals surface area contributed by atoms with Crippen molar-refractivity contribution in [3.63, 3.8) is 0 Å². The Morgan fingerprint density at radius 3 is 1.07 bits per heavy atom. The normalized spacial score (nSPS) is 12.7. The number of rotatable bonds is 4. The van der Waals surface area contributed by atoms with E-state index in [1.807, 2.05) is 27.7 Å². The summed E-state index contributed by atoms with van der Waals surface area (Å²) in [6.45, 7) is 11.2. The predicted octanol–water partition coefficient (Wildman–Crippen LogP) is 3.88.